The molecule has 88 valence electrons. The lowest BCUT2D eigenvalue weighted by Gasteiger charge is -2.11. The summed E-state index contributed by atoms with van der Waals surface area (Å²) in [6, 6.07) is 3.02. The molecule has 6 heteroatoms. The molecule has 1 aromatic carbocycles. The summed E-state index contributed by atoms with van der Waals surface area (Å²) in [7, 11) is 3.60. The molecule has 0 heterocycles. The van der Waals surface area contributed by atoms with Crippen LogP contribution in [0.25, 0.3) is 0 Å². The number of likely N-dealkylation sites (N-methyl/N-ethyl adjacent to an activating group) is 1. The van der Waals surface area contributed by atoms with Crippen LogP contribution in [0.3, 0.4) is 0 Å². The van der Waals surface area contributed by atoms with Gasteiger partial charge in [0.15, 0.2) is 0 Å². The quantitative estimate of drug-likeness (QED) is 0.863. The Kier molecular flexibility index (Phi) is 4.87. The fourth-order valence-electron chi connectivity index (χ4n) is 1.10. The average Bonchev–Trinajstić information content (AvgIpc) is 2.12. The summed E-state index contributed by atoms with van der Waals surface area (Å²) in [5, 5.41) is 3.73. The lowest BCUT2D eigenvalue weighted by atomic mass is 10.3. The van der Waals surface area contributed by atoms with Crippen molar-refractivity contribution < 1.29 is 4.79 Å². The Morgan fingerprint density at radius 3 is 2.31 bits per heavy atom. The molecule has 0 fully saturated rings. The number of anilines is 1. The van der Waals surface area contributed by atoms with Crippen molar-refractivity contribution in [3.63, 3.8) is 0 Å². The minimum absolute atomic E-state index is 0.162. The van der Waals surface area contributed by atoms with Crippen LogP contribution in [0.5, 0.6) is 0 Å². The third kappa shape index (κ3) is 3.83. The van der Waals surface area contributed by atoms with Crippen molar-refractivity contribution in [1.29, 1.82) is 0 Å². The standard InChI is InChI=1S/C10H11Cl3N2O/c1-15(2)5-10(16)14-9-4-7(12)6(11)3-8(9)13/h3-4H,5H2,1-2H3,(H,14,16). The summed E-state index contributed by atoms with van der Waals surface area (Å²) in [5.41, 5.74) is 0.461. The molecule has 0 bridgehead atoms. The maximum Gasteiger partial charge on any atom is 0.238 e. The van der Waals surface area contributed by atoms with Crippen LogP contribution in [0.1, 0.15) is 0 Å². The predicted octanol–water partition coefficient (Wildman–Crippen LogP) is 3.15. The van der Waals surface area contributed by atoms with E-state index in [0.717, 1.165) is 0 Å². The minimum atomic E-state index is -0.162. The van der Waals surface area contributed by atoms with Gasteiger partial charge in [-0.25, -0.2) is 0 Å². The van der Waals surface area contributed by atoms with E-state index in [9.17, 15) is 4.79 Å². The Morgan fingerprint density at radius 1 is 1.19 bits per heavy atom. The van der Waals surface area contributed by atoms with Crippen molar-refractivity contribution in [2.75, 3.05) is 26.0 Å². The number of rotatable bonds is 3. The molecule has 1 rings (SSSR count). The van der Waals surface area contributed by atoms with Crippen LogP contribution in [0.4, 0.5) is 5.69 Å². The van der Waals surface area contributed by atoms with E-state index in [1.165, 1.54) is 12.1 Å². The molecule has 16 heavy (non-hydrogen) atoms. The van der Waals surface area contributed by atoms with Crippen molar-refractivity contribution in [3.8, 4) is 0 Å². The van der Waals surface area contributed by atoms with Crippen molar-refractivity contribution in [2.45, 2.75) is 0 Å². The number of amides is 1. The molecule has 0 aliphatic rings. The molecule has 1 N–H and O–H groups in total. The van der Waals surface area contributed by atoms with E-state index in [1.807, 2.05) is 0 Å². The summed E-state index contributed by atoms with van der Waals surface area (Å²) >= 11 is 17.5. The van der Waals surface area contributed by atoms with Gasteiger partial charge >= 0.3 is 0 Å². The van der Waals surface area contributed by atoms with Crippen molar-refractivity contribution in [2.24, 2.45) is 0 Å². The van der Waals surface area contributed by atoms with E-state index >= 15 is 0 Å². The van der Waals surface area contributed by atoms with Gasteiger partial charge in [0.2, 0.25) is 5.91 Å². The smallest absolute Gasteiger partial charge is 0.238 e. The first kappa shape index (κ1) is 13.6. The maximum absolute atomic E-state index is 11.5. The second-order valence-corrected chi connectivity index (χ2v) is 4.75. The van der Waals surface area contributed by atoms with Gasteiger partial charge in [0.05, 0.1) is 27.3 Å². The number of halogens is 3. The molecular formula is C10H11Cl3N2O. The lowest BCUT2D eigenvalue weighted by Crippen LogP contribution is -2.27. The van der Waals surface area contributed by atoms with Crippen LogP contribution < -0.4 is 5.32 Å². The summed E-state index contributed by atoms with van der Waals surface area (Å²) in [6.45, 7) is 0.274. The normalized spacial score (nSPS) is 10.6. The third-order valence-electron chi connectivity index (χ3n) is 1.74. The molecule has 0 saturated heterocycles. The van der Waals surface area contributed by atoms with Crippen molar-refractivity contribution >= 4 is 46.4 Å². The highest BCUT2D eigenvalue weighted by atomic mass is 35.5. The number of nitrogens with zero attached hydrogens (tertiary/aromatic N) is 1. The molecular weight excluding hydrogens is 270 g/mol. The van der Waals surface area contributed by atoms with Crippen molar-refractivity contribution in [3.05, 3.63) is 27.2 Å². The SMILES string of the molecule is CN(C)CC(=O)Nc1cc(Cl)c(Cl)cc1Cl. The highest BCUT2D eigenvalue weighted by Gasteiger charge is 2.09. The highest BCUT2D eigenvalue weighted by Crippen LogP contribution is 2.32. The summed E-state index contributed by atoms with van der Waals surface area (Å²) in [4.78, 5) is 13.2. The minimum Gasteiger partial charge on any atom is -0.324 e. The second kappa shape index (κ2) is 5.73. The van der Waals surface area contributed by atoms with E-state index in [-0.39, 0.29) is 12.5 Å². The molecule has 0 radical (unpaired) electrons. The number of benzene rings is 1. The molecule has 1 amide bonds. The predicted molar refractivity (Wildman–Crippen MR) is 68.7 cm³/mol. The molecule has 0 aliphatic carbocycles. The number of hydrogen-bond acceptors (Lipinski definition) is 2. The third-order valence-corrected chi connectivity index (χ3v) is 2.78. The van der Waals surface area contributed by atoms with E-state index in [1.54, 1.807) is 19.0 Å². The van der Waals surface area contributed by atoms with Crippen molar-refractivity contribution in [1.82, 2.24) is 4.90 Å². The van der Waals surface area contributed by atoms with Crippen LogP contribution in [0, 0.1) is 0 Å². The van der Waals surface area contributed by atoms with E-state index in [4.69, 9.17) is 34.8 Å². The summed E-state index contributed by atoms with van der Waals surface area (Å²) < 4.78 is 0. The van der Waals surface area contributed by atoms with Gasteiger partial charge in [-0.1, -0.05) is 34.8 Å². The van der Waals surface area contributed by atoms with Gasteiger partial charge in [-0.2, -0.15) is 0 Å². The average molecular weight is 282 g/mol. The largest absolute Gasteiger partial charge is 0.324 e. The van der Waals surface area contributed by atoms with Gasteiger partial charge in [0.25, 0.3) is 0 Å². The van der Waals surface area contributed by atoms with Gasteiger partial charge in [0, 0.05) is 0 Å². The zero-order chi connectivity index (χ0) is 12.3. The Balaban J connectivity index is 2.81. The van der Waals surface area contributed by atoms with Crippen LogP contribution >= 0.6 is 34.8 Å². The zero-order valence-corrected chi connectivity index (χ0v) is 11.1. The van der Waals surface area contributed by atoms with E-state index in [2.05, 4.69) is 5.32 Å². The Hall–Kier alpha value is -0.480. The Morgan fingerprint density at radius 2 is 1.75 bits per heavy atom. The van der Waals surface area contributed by atoms with Gasteiger partial charge in [0.1, 0.15) is 0 Å². The van der Waals surface area contributed by atoms with Crippen LogP contribution in [-0.4, -0.2) is 31.4 Å². The molecule has 0 aliphatic heterocycles. The Bertz CT molecular complexity index is 407. The van der Waals surface area contributed by atoms with Crippen LogP contribution in [0.2, 0.25) is 15.1 Å². The van der Waals surface area contributed by atoms with Gasteiger partial charge in [-0.3, -0.25) is 4.79 Å². The highest BCUT2D eigenvalue weighted by molar-refractivity contribution is 6.44. The van der Waals surface area contributed by atoms with Gasteiger partial charge in [-0.05, 0) is 26.2 Å². The Labute approximate surface area is 109 Å². The lowest BCUT2D eigenvalue weighted by molar-refractivity contribution is -0.116. The fourth-order valence-corrected chi connectivity index (χ4v) is 1.69. The van der Waals surface area contributed by atoms with E-state index in [0.29, 0.717) is 20.8 Å². The maximum atomic E-state index is 11.5. The molecule has 0 atom stereocenters. The molecule has 0 unspecified atom stereocenters. The van der Waals surface area contributed by atoms with Crippen LogP contribution in [0.15, 0.2) is 12.1 Å². The first-order chi connectivity index (χ1) is 7.40. The fraction of sp³-hybridized carbons (Fsp3) is 0.300. The summed E-state index contributed by atoms with van der Waals surface area (Å²) in [6.07, 6.45) is 0. The van der Waals surface area contributed by atoms with Gasteiger partial charge < -0.3 is 10.2 Å². The van der Waals surface area contributed by atoms with Crippen LogP contribution in [-0.2, 0) is 4.79 Å². The molecule has 0 saturated carbocycles. The monoisotopic (exact) mass is 280 g/mol. The first-order valence-corrected chi connectivity index (χ1v) is 5.62. The molecule has 3 nitrogen and oxygen atoms in total. The number of carbonyl (C=O) groups excluding carboxylic acids is 1. The second-order valence-electron chi connectivity index (χ2n) is 3.53. The summed E-state index contributed by atoms with van der Waals surface area (Å²) in [5.74, 6) is -0.162. The number of carbonyl (C=O) groups is 1. The topological polar surface area (TPSA) is 32.3 Å². The number of hydrogen-bond donors (Lipinski definition) is 1. The first-order valence-electron chi connectivity index (χ1n) is 4.49. The van der Waals surface area contributed by atoms with Gasteiger partial charge in [-0.15, -0.1) is 0 Å². The molecule has 1 aromatic rings. The van der Waals surface area contributed by atoms with E-state index < -0.39 is 0 Å². The number of nitrogens with one attached hydrogen (secondary N) is 1. The molecule has 0 spiro atoms. The zero-order valence-electron chi connectivity index (χ0n) is 8.85. The molecule has 0 aromatic heterocycles.